The van der Waals surface area contributed by atoms with Crippen molar-refractivity contribution in [2.75, 3.05) is 47.9 Å². The van der Waals surface area contributed by atoms with Crippen molar-refractivity contribution in [3.05, 3.63) is 11.6 Å². The van der Waals surface area contributed by atoms with Crippen LogP contribution in [0.15, 0.2) is 4.99 Å². The van der Waals surface area contributed by atoms with Crippen molar-refractivity contribution in [2.24, 2.45) is 4.99 Å². The number of rotatable bonds is 8. The van der Waals surface area contributed by atoms with Crippen molar-refractivity contribution in [1.82, 2.24) is 35.2 Å². The average molecular weight is 548 g/mol. The summed E-state index contributed by atoms with van der Waals surface area (Å²) in [6.07, 6.45) is 4.91. The number of aryl methyl sites for hydroxylation is 1. The predicted octanol–water partition coefficient (Wildman–Crippen LogP) is 0.465. The minimum absolute atomic E-state index is 0. The van der Waals surface area contributed by atoms with Crippen LogP contribution in [0, 0.1) is 0 Å². The number of fused-ring (bicyclic) bond motifs is 1. The molecule has 11 heteroatoms. The molecule has 0 saturated carbocycles. The summed E-state index contributed by atoms with van der Waals surface area (Å²) in [7, 11) is 7.12. The minimum atomic E-state index is 0. The third-order valence-electron chi connectivity index (χ3n) is 5.74. The van der Waals surface area contributed by atoms with Gasteiger partial charge in [0.2, 0.25) is 5.91 Å². The van der Waals surface area contributed by atoms with E-state index in [4.69, 9.17) is 4.74 Å². The molecular formula is C20H37IN8O2. The number of ether oxygens (including phenoxy) is 1. The maximum Gasteiger partial charge on any atom is 0.239 e. The van der Waals surface area contributed by atoms with E-state index >= 15 is 0 Å². The molecule has 1 saturated heterocycles. The molecule has 2 aliphatic heterocycles. The van der Waals surface area contributed by atoms with Crippen LogP contribution in [0.1, 0.15) is 37.3 Å². The van der Waals surface area contributed by atoms with Gasteiger partial charge in [-0.15, -0.1) is 24.0 Å². The van der Waals surface area contributed by atoms with E-state index in [0.29, 0.717) is 6.61 Å². The maximum atomic E-state index is 12.3. The van der Waals surface area contributed by atoms with Crippen molar-refractivity contribution < 1.29 is 9.53 Å². The highest BCUT2D eigenvalue weighted by Crippen LogP contribution is 2.18. The van der Waals surface area contributed by atoms with Gasteiger partial charge in [0.25, 0.3) is 0 Å². The molecule has 31 heavy (non-hydrogen) atoms. The van der Waals surface area contributed by atoms with Crippen molar-refractivity contribution in [1.29, 1.82) is 0 Å². The van der Waals surface area contributed by atoms with E-state index in [-0.39, 0.29) is 42.0 Å². The van der Waals surface area contributed by atoms with Gasteiger partial charge >= 0.3 is 0 Å². The van der Waals surface area contributed by atoms with E-state index in [2.05, 4.69) is 30.6 Å². The van der Waals surface area contributed by atoms with E-state index in [1.54, 1.807) is 19.1 Å². The molecule has 2 unspecified atom stereocenters. The van der Waals surface area contributed by atoms with Crippen LogP contribution >= 0.6 is 24.0 Å². The first-order chi connectivity index (χ1) is 14.5. The van der Waals surface area contributed by atoms with E-state index in [1.807, 2.05) is 18.8 Å². The average Bonchev–Trinajstić information content (AvgIpc) is 3.35. The van der Waals surface area contributed by atoms with Gasteiger partial charge in [-0.25, -0.2) is 9.67 Å². The number of halogens is 1. The number of guanidine groups is 1. The highest BCUT2D eigenvalue weighted by atomic mass is 127. The first kappa shape index (κ1) is 25.8. The van der Waals surface area contributed by atoms with E-state index in [9.17, 15) is 4.79 Å². The predicted molar refractivity (Wildman–Crippen MR) is 131 cm³/mol. The summed E-state index contributed by atoms with van der Waals surface area (Å²) in [5.74, 6) is 2.79. The molecule has 1 aromatic heterocycles. The highest BCUT2D eigenvalue weighted by Gasteiger charge is 2.31. The number of likely N-dealkylation sites (N-methyl/N-ethyl adjacent to an activating group) is 1. The van der Waals surface area contributed by atoms with Gasteiger partial charge in [-0.3, -0.25) is 14.7 Å². The van der Waals surface area contributed by atoms with Crippen LogP contribution in [0.5, 0.6) is 0 Å². The van der Waals surface area contributed by atoms with Crippen LogP contribution in [0.4, 0.5) is 0 Å². The molecule has 1 fully saturated rings. The molecule has 3 rings (SSSR count). The number of hydrogen-bond donors (Lipinski definition) is 2. The lowest BCUT2D eigenvalue weighted by atomic mass is 10.1. The lowest BCUT2D eigenvalue weighted by Gasteiger charge is -2.27. The first-order valence-corrected chi connectivity index (χ1v) is 10.9. The van der Waals surface area contributed by atoms with E-state index < -0.39 is 0 Å². The molecule has 0 aromatic carbocycles. The third kappa shape index (κ3) is 7.01. The molecule has 2 N–H and O–H groups in total. The van der Waals surface area contributed by atoms with Crippen molar-refractivity contribution in [3.8, 4) is 0 Å². The van der Waals surface area contributed by atoms with Gasteiger partial charge in [-0.1, -0.05) is 0 Å². The van der Waals surface area contributed by atoms with Gasteiger partial charge < -0.3 is 20.3 Å². The summed E-state index contributed by atoms with van der Waals surface area (Å²) in [5.41, 5.74) is 0. The number of likely N-dealkylation sites (tertiary alicyclic amines) is 1. The minimum Gasteiger partial charge on any atom is -0.377 e. The Morgan fingerprint density at radius 3 is 2.87 bits per heavy atom. The van der Waals surface area contributed by atoms with E-state index in [0.717, 1.165) is 75.9 Å². The van der Waals surface area contributed by atoms with Gasteiger partial charge in [-0.2, -0.15) is 5.10 Å². The molecule has 0 bridgehead atoms. The summed E-state index contributed by atoms with van der Waals surface area (Å²) in [6.45, 7) is 3.96. The molecule has 1 amide bonds. The number of nitrogens with zero attached hydrogens (tertiary/aromatic N) is 6. The molecule has 0 spiro atoms. The molecule has 3 heterocycles. The second-order valence-corrected chi connectivity index (χ2v) is 8.22. The Labute approximate surface area is 202 Å². The zero-order chi connectivity index (χ0) is 21.5. The molecule has 1 aromatic rings. The van der Waals surface area contributed by atoms with Crippen LogP contribution in [-0.2, 0) is 29.1 Å². The molecule has 10 nitrogen and oxygen atoms in total. The van der Waals surface area contributed by atoms with E-state index in [1.165, 1.54) is 0 Å². The largest absolute Gasteiger partial charge is 0.377 e. The standard InChI is InChI=1S/C20H36N8O2.HI/c1-21-20(22-10-6-12-27-11-5-7-16(27)19(29)26(2)3)23-15-8-9-18-24-17(14-30-4)25-28(18)13-15;/h15-16H,5-14H2,1-4H3,(H2,21,22,23);1H. The molecule has 0 radical (unpaired) electrons. The normalized spacial score (nSPS) is 21.4. The Kier molecular flexibility index (Phi) is 10.4. The number of hydrogen-bond acceptors (Lipinski definition) is 6. The Morgan fingerprint density at radius 1 is 1.35 bits per heavy atom. The lowest BCUT2D eigenvalue weighted by Crippen LogP contribution is -2.48. The second kappa shape index (κ2) is 12.5. The number of carbonyl (C=O) groups excluding carboxylic acids is 1. The summed E-state index contributed by atoms with van der Waals surface area (Å²) in [5, 5.41) is 11.4. The van der Waals surface area contributed by atoms with Crippen molar-refractivity contribution >= 4 is 35.8 Å². The molecule has 0 aliphatic carbocycles. The van der Waals surface area contributed by atoms with Gasteiger partial charge in [-0.05, 0) is 32.2 Å². The third-order valence-corrected chi connectivity index (χ3v) is 5.74. The van der Waals surface area contributed by atoms with Crippen LogP contribution in [-0.4, -0.2) is 96.4 Å². The Morgan fingerprint density at radius 2 is 2.16 bits per heavy atom. The Bertz CT molecular complexity index is 739. The van der Waals surface area contributed by atoms with Gasteiger partial charge in [0.05, 0.1) is 12.6 Å². The first-order valence-electron chi connectivity index (χ1n) is 10.9. The topological polar surface area (TPSA) is 99.9 Å². The SMILES string of the molecule is CN=C(NCCCN1CCCC1C(=O)N(C)C)NC1CCc2nc(COC)nn2C1.I. The number of methoxy groups -OCH3 is 1. The number of carbonyl (C=O) groups is 1. The zero-order valence-corrected chi connectivity index (χ0v) is 21.5. The fourth-order valence-corrected chi connectivity index (χ4v) is 4.22. The highest BCUT2D eigenvalue weighted by molar-refractivity contribution is 14.0. The Balaban J connectivity index is 0.00000341. The molecular weight excluding hydrogens is 511 g/mol. The van der Waals surface area contributed by atoms with Gasteiger partial charge in [0.15, 0.2) is 11.8 Å². The van der Waals surface area contributed by atoms with Crippen LogP contribution in [0.25, 0.3) is 0 Å². The van der Waals surface area contributed by atoms with Crippen molar-refractivity contribution in [2.45, 2.75) is 57.3 Å². The van der Waals surface area contributed by atoms with Crippen LogP contribution < -0.4 is 10.6 Å². The number of aromatic nitrogens is 3. The van der Waals surface area contributed by atoms with Crippen molar-refractivity contribution in [3.63, 3.8) is 0 Å². The quantitative estimate of drug-likeness (QED) is 0.211. The maximum absolute atomic E-state index is 12.3. The molecule has 176 valence electrons. The smallest absolute Gasteiger partial charge is 0.239 e. The summed E-state index contributed by atoms with van der Waals surface area (Å²) in [4.78, 5) is 25.2. The van der Waals surface area contributed by atoms with Crippen LogP contribution in [0.3, 0.4) is 0 Å². The molecule has 2 atom stereocenters. The molecule has 2 aliphatic rings. The van der Waals surface area contributed by atoms with Crippen LogP contribution in [0.2, 0.25) is 0 Å². The summed E-state index contributed by atoms with van der Waals surface area (Å²) in [6, 6.07) is 0.307. The fourth-order valence-electron chi connectivity index (χ4n) is 4.22. The monoisotopic (exact) mass is 548 g/mol. The Hall–Kier alpha value is -1.47. The number of aliphatic imine (C=N–C) groups is 1. The summed E-state index contributed by atoms with van der Waals surface area (Å²) >= 11 is 0. The van der Waals surface area contributed by atoms with Gasteiger partial charge in [0, 0.05) is 53.8 Å². The second-order valence-electron chi connectivity index (χ2n) is 8.22. The lowest BCUT2D eigenvalue weighted by molar-refractivity contribution is -0.133. The number of amides is 1. The zero-order valence-electron chi connectivity index (χ0n) is 19.1. The fraction of sp³-hybridized carbons (Fsp3) is 0.800. The van der Waals surface area contributed by atoms with Gasteiger partial charge in [0.1, 0.15) is 12.4 Å². The number of nitrogens with one attached hydrogen (secondary N) is 2. The summed E-state index contributed by atoms with van der Waals surface area (Å²) < 4.78 is 7.10.